The Morgan fingerprint density at radius 1 is 1.09 bits per heavy atom. The highest BCUT2D eigenvalue weighted by Gasteiger charge is 2.47. The van der Waals surface area contributed by atoms with Crippen molar-refractivity contribution < 1.29 is 14.7 Å². The third-order valence-electron chi connectivity index (χ3n) is 5.32. The predicted molar refractivity (Wildman–Crippen MR) is 81.5 cm³/mol. The molecule has 1 aliphatic heterocycles. The van der Waals surface area contributed by atoms with E-state index in [0.29, 0.717) is 29.9 Å². The van der Waals surface area contributed by atoms with Crippen molar-refractivity contribution >= 4 is 11.9 Å². The minimum Gasteiger partial charge on any atom is -0.478 e. The molecule has 2 aliphatic carbocycles. The van der Waals surface area contributed by atoms with Crippen LogP contribution in [0.1, 0.15) is 47.2 Å². The summed E-state index contributed by atoms with van der Waals surface area (Å²) in [6, 6.07) is 5.30. The molecule has 0 unspecified atom stereocenters. The van der Waals surface area contributed by atoms with Crippen LogP contribution in [0.3, 0.4) is 0 Å². The molecule has 116 valence electrons. The first-order valence-electron chi connectivity index (χ1n) is 8.27. The van der Waals surface area contributed by atoms with Crippen molar-refractivity contribution in [2.24, 2.45) is 17.8 Å². The van der Waals surface area contributed by atoms with Crippen LogP contribution in [0.15, 0.2) is 18.2 Å². The van der Waals surface area contributed by atoms with E-state index in [0.717, 1.165) is 18.5 Å². The van der Waals surface area contributed by atoms with Crippen LogP contribution in [0.5, 0.6) is 0 Å². The molecule has 1 aromatic carbocycles. The third-order valence-corrected chi connectivity index (χ3v) is 5.32. The molecule has 0 aromatic heterocycles. The van der Waals surface area contributed by atoms with Crippen molar-refractivity contribution in [3.8, 4) is 0 Å². The number of rotatable bonds is 4. The number of carbonyl (C=O) groups is 2. The summed E-state index contributed by atoms with van der Waals surface area (Å²) in [5, 5.41) is 9.13. The van der Waals surface area contributed by atoms with Crippen molar-refractivity contribution in [3.63, 3.8) is 0 Å². The zero-order valence-corrected chi connectivity index (χ0v) is 12.6. The lowest BCUT2D eigenvalue weighted by molar-refractivity contribution is -0.138. The Labute approximate surface area is 130 Å². The molecule has 3 aliphatic rings. The molecule has 22 heavy (non-hydrogen) atoms. The molecule has 1 amide bonds. The van der Waals surface area contributed by atoms with Crippen LogP contribution in [-0.2, 0) is 17.8 Å². The summed E-state index contributed by atoms with van der Waals surface area (Å²) in [4.78, 5) is 26.0. The SMILES string of the molecule is O=C(O)c1ccc2c(c1)CN(C(=O)C(C1CC1)C1CC1)CC2. The number of hydrogen-bond acceptors (Lipinski definition) is 2. The molecule has 2 saturated carbocycles. The van der Waals surface area contributed by atoms with Crippen LogP contribution in [0.4, 0.5) is 0 Å². The highest BCUT2D eigenvalue weighted by Crippen LogP contribution is 2.50. The van der Waals surface area contributed by atoms with E-state index in [9.17, 15) is 9.59 Å². The highest BCUT2D eigenvalue weighted by molar-refractivity contribution is 5.88. The van der Waals surface area contributed by atoms with Crippen LogP contribution >= 0.6 is 0 Å². The van der Waals surface area contributed by atoms with Gasteiger partial charge in [0.1, 0.15) is 0 Å². The zero-order chi connectivity index (χ0) is 15.3. The average Bonchev–Trinajstić information content (AvgIpc) is 3.40. The number of fused-ring (bicyclic) bond motifs is 1. The number of carboxylic acids is 1. The van der Waals surface area contributed by atoms with E-state index in [1.807, 2.05) is 11.0 Å². The van der Waals surface area contributed by atoms with Gasteiger partial charge in [0.05, 0.1) is 5.56 Å². The summed E-state index contributed by atoms with van der Waals surface area (Å²) in [6.07, 6.45) is 5.67. The monoisotopic (exact) mass is 299 g/mol. The van der Waals surface area contributed by atoms with Gasteiger partial charge in [0, 0.05) is 19.0 Å². The van der Waals surface area contributed by atoms with Crippen LogP contribution < -0.4 is 0 Å². The first kappa shape index (κ1) is 13.8. The average molecular weight is 299 g/mol. The largest absolute Gasteiger partial charge is 0.478 e. The maximum Gasteiger partial charge on any atom is 0.335 e. The molecule has 1 heterocycles. The molecule has 0 bridgehead atoms. The van der Waals surface area contributed by atoms with Gasteiger partial charge in [-0.15, -0.1) is 0 Å². The summed E-state index contributed by atoms with van der Waals surface area (Å²) >= 11 is 0. The summed E-state index contributed by atoms with van der Waals surface area (Å²) in [5.41, 5.74) is 2.50. The molecule has 1 N–H and O–H groups in total. The van der Waals surface area contributed by atoms with Gasteiger partial charge in [-0.1, -0.05) is 6.07 Å². The van der Waals surface area contributed by atoms with Gasteiger partial charge in [-0.25, -0.2) is 4.79 Å². The Kier molecular flexibility index (Phi) is 3.21. The molecule has 1 aromatic rings. The third kappa shape index (κ3) is 2.51. The maximum absolute atomic E-state index is 12.9. The van der Waals surface area contributed by atoms with E-state index in [1.165, 1.54) is 31.2 Å². The van der Waals surface area contributed by atoms with Crippen molar-refractivity contribution in [3.05, 3.63) is 34.9 Å². The van der Waals surface area contributed by atoms with Gasteiger partial charge in [0.15, 0.2) is 0 Å². The van der Waals surface area contributed by atoms with E-state index >= 15 is 0 Å². The van der Waals surface area contributed by atoms with E-state index in [2.05, 4.69) is 0 Å². The molecule has 2 fully saturated rings. The van der Waals surface area contributed by atoms with Crippen LogP contribution in [0, 0.1) is 17.8 Å². The Balaban J connectivity index is 1.54. The maximum atomic E-state index is 12.9. The van der Waals surface area contributed by atoms with Gasteiger partial charge in [-0.05, 0) is 67.2 Å². The number of nitrogens with zero attached hydrogens (tertiary/aromatic N) is 1. The Morgan fingerprint density at radius 3 is 2.36 bits per heavy atom. The summed E-state index contributed by atoms with van der Waals surface area (Å²) in [6.45, 7) is 1.35. The van der Waals surface area contributed by atoms with Gasteiger partial charge < -0.3 is 10.0 Å². The molecule has 0 atom stereocenters. The highest BCUT2D eigenvalue weighted by atomic mass is 16.4. The number of aromatic carboxylic acids is 1. The van der Waals surface area contributed by atoms with Gasteiger partial charge in [0.25, 0.3) is 0 Å². The number of hydrogen-bond donors (Lipinski definition) is 1. The van der Waals surface area contributed by atoms with Gasteiger partial charge >= 0.3 is 5.97 Å². The fourth-order valence-corrected chi connectivity index (χ4v) is 3.79. The summed E-state index contributed by atoms with van der Waals surface area (Å²) < 4.78 is 0. The van der Waals surface area contributed by atoms with E-state index < -0.39 is 5.97 Å². The fraction of sp³-hybridized carbons (Fsp3) is 0.556. The summed E-state index contributed by atoms with van der Waals surface area (Å²) in [5.74, 6) is 0.888. The van der Waals surface area contributed by atoms with E-state index in [4.69, 9.17) is 5.11 Å². The first-order chi connectivity index (χ1) is 10.6. The van der Waals surface area contributed by atoms with Gasteiger partial charge in [-0.3, -0.25) is 4.79 Å². The Bertz CT molecular complexity index is 619. The lowest BCUT2D eigenvalue weighted by Gasteiger charge is -2.32. The Morgan fingerprint density at radius 2 is 1.77 bits per heavy atom. The van der Waals surface area contributed by atoms with E-state index in [1.54, 1.807) is 12.1 Å². The second-order valence-electron chi connectivity index (χ2n) is 7.00. The number of amides is 1. The lowest BCUT2D eigenvalue weighted by Crippen LogP contribution is -2.41. The van der Waals surface area contributed by atoms with Gasteiger partial charge in [-0.2, -0.15) is 0 Å². The molecule has 4 nitrogen and oxygen atoms in total. The number of carbonyl (C=O) groups excluding carboxylic acids is 1. The zero-order valence-electron chi connectivity index (χ0n) is 12.6. The minimum atomic E-state index is -0.903. The normalized spacial score (nSPS) is 20.9. The molecule has 4 heteroatoms. The first-order valence-corrected chi connectivity index (χ1v) is 8.27. The van der Waals surface area contributed by atoms with E-state index in [-0.39, 0.29) is 5.92 Å². The smallest absolute Gasteiger partial charge is 0.335 e. The van der Waals surface area contributed by atoms with Crippen molar-refractivity contribution in [1.82, 2.24) is 4.90 Å². The minimum absolute atomic E-state index is 0.240. The lowest BCUT2D eigenvalue weighted by atomic mass is 9.92. The predicted octanol–water partition coefficient (Wildman–Crippen LogP) is 2.71. The van der Waals surface area contributed by atoms with Crippen molar-refractivity contribution in [2.75, 3.05) is 6.54 Å². The van der Waals surface area contributed by atoms with Crippen LogP contribution in [0.25, 0.3) is 0 Å². The standard InChI is InChI=1S/C18H21NO3/c20-17(16(12-2-3-12)13-4-5-13)19-8-7-11-1-6-14(18(21)22)9-15(11)10-19/h1,6,9,12-13,16H,2-5,7-8,10H2,(H,21,22). The summed E-state index contributed by atoms with van der Waals surface area (Å²) in [7, 11) is 0. The molecular formula is C18H21NO3. The van der Waals surface area contributed by atoms with Crippen LogP contribution in [-0.4, -0.2) is 28.4 Å². The molecular weight excluding hydrogens is 278 g/mol. The molecule has 0 spiro atoms. The number of carboxylic acid groups (broad SMARTS) is 1. The van der Waals surface area contributed by atoms with Crippen LogP contribution in [0.2, 0.25) is 0 Å². The van der Waals surface area contributed by atoms with Gasteiger partial charge in [0.2, 0.25) is 5.91 Å². The number of benzene rings is 1. The second kappa shape index (κ2) is 5.11. The van der Waals surface area contributed by atoms with Crippen molar-refractivity contribution in [1.29, 1.82) is 0 Å². The molecule has 4 rings (SSSR count). The Hall–Kier alpha value is -1.84. The fourth-order valence-electron chi connectivity index (χ4n) is 3.79. The topological polar surface area (TPSA) is 57.6 Å². The molecule has 0 radical (unpaired) electrons. The second-order valence-corrected chi connectivity index (χ2v) is 7.00. The van der Waals surface area contributed by atoms with Crippen molar-refractivity contribution in [2.45, 2.75) is 38.6 Å². The quantitative estimate of drug-likeness (QED) is 0.930. The molecule has 0 saturated heterocycles.